The van der Waals surface area contributed by atoms with E-state index in [2.05, 4.69) is 11.4 Å². The molecule has 2 amide bonds. The normalized spacial score (nSPS) is 25.8. The molecule has 18 heavy (non-hydrogen) atoms. The van der Waals surface area contributed by atoms with Crippen molar-refractivity contribution in [2.75, 3.05) is 13.6 Å². The molecule has 1 aliphatic heterocycles. The Morgan fingerprint density at radius 3 is 2.56 bits per heavy atom. The van der Waals surface area contributed by atoms with Crippen molar-refractivity contribution in [3.05, 3.63) is 0 Å². The molecular formula is C13H19N3O2. The second-order valence-corrected chi connectivity index (χ2v) is 5.17. The molecule has 0 radical (unpaired) electrons. The third kappa shape index (κ3) is 1.96. The van der Waals surface area contributed by atoms with Gasteiger partial charge in [0.15, 0.2) is 0 Å². The van der Waals surface area contributed by atoms with E-state index in [1.807, 2.05) is 0 Å². The molecule has 1 aliphatic carbocycles. The summed E-state index contributed by atoms with van der Waals surface area (Å²) >= 11 is 0. The van der Waals surface area contributed by atoms with Crippen LogP contribution in [0, 0.1) is 16.7 Å². The van der Waals surface area contributed by atoms with E-state index >= 15 is 0 Å². The zero-order chi connectivity index (χ0) is 13.2. The molecule has 98 valence electrons. The summed E-state index contributed by atoms with van der Waals surface area (Å²) in [4.78, 5) is 25.9. The summed E-state index contributed by atoms with van der Waals surface area (Å²) in [7, 11) is 1.58. The number of likely N-dealkylation sites (N-methyl/N-ethyl adjacent to an activating group) is 1. The molecule has 1 unspecified atom stereocenters. The number of carbonyl (C=O) groups excluding carboxylic acids is 2. The van der Waals surface area contributed by atoms with Crippen LogP contribution in [-0.4, -0.2) is 36.3 Å². The first-order chi connectivity index (χ1) is 8.64. The van der Waals surface area contributed by atoms with E-state index in [1.54, 1.807) is 11.9 Å². The largest absolute Gasteiger partial charge is 0.357 e. The average Bonchev–Trinajstić information content (AvgIpc) is 3.06. The van der Waals surface area contributed by atoms with Crippen molar-refractivity contribution >= 4 is 11.8 Å². The Kier molecular flexibility index (Phi) is 3.55. The van der Waals surface area contributed by atoms with Gasteiger partial charge in [-0.3, -0.25) is 9.59 Å². The van der Waals surface area contributed by atoms with Gasteiger partial charge in [-0.25, -0.2) is 0 Å². The molecule has 0 aromatic rings. The number of rotatable bonds is 2. The molecule has 1 heterocycles. The van der Waals surface area contributed by atoms with Crippen molar-refractivity contribution in [1.82, 2.24) is 10.2 Å². The molecule has 1 N–H and O–H groups in total. The second-order valence-electron chi connectivity index (χ2n) is 5.17. The van der Waals surface area contributed by atoms with Crippen molar-refractivity contribution in [3.8, 4) is 6.07 Å². The van der Waals surface area contributed by atoms with Crippen LogP contribution in [0.25, 0.3) is 0 Å². The highest BCUT2D eigenvalue weighted by atomic mass is 16.2. The standard InChI is InChI=1S/C13H19N3O2/c1-15-11(17)10-5-4-8-16(10)12(18)13(9-14)6-2-3-7-13/h10H,2-8H2,1H3,(H,15,17). The number of likely N-dealkylation sites (tertiary alicyclic amines) is 1. The van der Waals surface area contributed by atoms with Crippen molar-refractivity contribution in [2.45, 2.75) is 44.6 Å². The van der Waals surface area contributed by atoms with E-state index in [-0.39, 0.29) is 17.9 Å². The molecule has 0 aromatic heterocycles. The number of nitrogens with one attached hydrogen (secondary N) is 1. The third-order valence-electron chi connectivity index (χ3n) is 4.14. The monoisotopic (exact) mass is 249 g/mol. The topological polar surface area (TPSA) is 73.2 Å². The van der Waals surface area contributed by atoms with Crippen LogP contribution < -0.4 is 5.32 Å². The van der Waals surface area contributed by atoms with E-state index in [1.165, 1.54) is 0 Å². The number of nitriles is 1. The lowest BCUT2D eigenvalue weighted by atomic mass is 9.86. The summed E-state index contributed by atoms with van der Waals surface area (Å²) in [6, 6.07) is 1.83. The second kappa shape index (κ2) is 4.97. The van der Waals surface area contributed by atoms with E-state index in [0.717, 1.165) is 19.3 Å². The highest BCUT2D eigenvalue weighted by Crippen LogP contribution is 2.40. The fraction of sp³-hybridized carbons (Fsp3) is 0.769. The maximum absolute atomic E-state index is 12.6. The summed E-state index contributed by atoms with van der Waals surface area (Å²) in [6.07, 6.45) is 4.67. The molecule has 1 saturated heterocycles. The van der Waals surface area contributed by atoms with Crippen molar-refractivity contribution in [1.29, 1.82) is 5.26 Å². The maximum atomic E-state index is 12.6. The molecule has 2 fully saturated rings. The highest BCUT2D eigenvalue weighted by molar-refractivity contribution is 5.92. The molecule has 1 saturated carbocycles. The number of amides is 2. The van der Waals surface area contributed by atoms with Gasteiger partial charge < -0.3 is 10.2 Å². The van der Waals surface area contributed by atoms with Gasteiger partial charge in [-0.15, -0.1) is 0 Å². The highest BCUT2D eigenvalue weighted by Gasteiger charge is 2.47. The summed E-state index contributed by atoms with van der Waals surface area (Å²) in [5.41, 5.74) is -0.864. The molecule has 0 bridgehead atoms. The molecule has 5 nitrogen and oxygen atoms in total. The maximum Gasteiger partial charge on any atom is 0.243 e. The first-order valence-electron chi connectivity index (χ1n) is 6.58. The predicted octanol–water partition coefficient (Wildman–Crippen LogP) is 0.807. The van der Waals surface area contributed by atoms with E-state index in [0.29, 0.717) is 25.8 Å². The lowest BCUT2D eigenvalue weighted by Crippen LogP contribution is -2.49. The number of nitrogens with zero attached hydrogens (tertiary/aromatic N) is 2. The van der Waals surface area contributed by atoms with Gasteiger partial charge in [-0.2, -0.15) is 5.26 Å². The minimum atomic E-state index is -0.864. The predicted molar refractivity (Wildman–Crippen MR) is 65.3 cm³/mol. The van der Waals surface area contributed by atoms with Crippen LogP contribution >= 0.6 is 0 Å². The first-order valence-corrected chi connectivity index (χ1v) is 6.58. The fourth-order valence-electron chi connectivity index (χ4n) is 3.08. The van der Waals surface area contributed by atoms with Crippen LogP contribution in [-0.2, 0) is 9.59 Å². The molecular weight excluding hydrogens is 230 g/mol. The van der Waals surface area contributed by atoms with E-state index in [9.17, 15) is 14.9 Å². The van der Waals surface area contributed by atoms with Gasteiger partial charge >= 0.3 is 0 Å². The zero-order valence-corrected chi connectivity index (χ0v) is 10.7. The third-order valence-corrected chi connectivity index (χ3v) is 4.14. The molecule has 0 aromatic carbocycles. The van der Waals surface area contributed by atoms with Gasteiger partial charge in [0.25, 0.3) is 0 Å². The van der Waals surface area contributed by atoms with Crippen molar-refractivity contribution < 1.29 is 9.59 Å². The lowest BCUT2D eigenvalue weighted by molar-refractivity contribution is -0.144. The summed E-state index contributed by atoms with van der Waals surface area (Å²) in [5, 5.41) is 11.9. The van der Waals surface area contributed by atoms with E-state index < -0.39 is 5.41 Å². The minimum Gasteiger partial charge on any atom is -0.357 e. The molecule has 0 spiro atoms. The first kappa shape index (κ1) is 12.9. The van der Waals surface area contributed by atoms with Crippen molar-refractivity contribution in [3.63, 3.8) is 0 Å². The van der Waals surface area contributed by atoms with Gasteiger partial charge in [0.05, 0.1) is 6.07 Å². The molecule has 5 heteroatoms. The van der Waals surface area contributed by atoms with Gasteiger partial charge in [0.2, 0.25) is 11.8 Å². The van der Waals surface area contributed by atoms with Crippen LogP contribution in [0.15, 0.2) is 0 Å². The lowest BCUT2D eigenvalue weighted by Gasteiger charge is -2.30. The Morgan fingerprint density at radius 1 is 1.33 bits per heavy atom. The average molecular weight is 249 g/mol. The zero-order valence-electron chi connectivity index (χ0n) is 10.7. The van der Waals surface area contributed by atoms with Gasteiger partial charge in [0, 0.05) is 13.6 Å². The van der Waals surface area contributed by atoms with Crippen molar-refractivity contribution in [2.24, 2.45) is 5.41 Å². The van der Waals surface area contributed by atoms with Crippen LogP contribution in [0.4, 0.5) is 0 Å². The van der Waals surface area contributed by atoms with Crippen LogP contribution in [0.1, 0.15) is 38.5 Å². The Morgan fingerprint density at radius 2 is 2.00 bits per heavy atom. The Bertz CT molecular complexity index is 394. The van der Waals surface area contributed by atoms with Gasteiger partial charge in [-0.05, 0) is 25.7 Å². The van der Waals surface area contributed by atoms with Crippen LogP contribution in [0.5, 0.6) is 0 Å². The molecule has 2 aliphatic rings. The molecule has 1 atom stereocenters. The summed E-state index contributed by atoms with van der Waals surface area (Å²) in [6.45, 7) is 0.598. The number of hydrogen-bond donors (Lipinski definition) is 1. The van der Waals surface area contributed by atoms with Crippen LogP contribution in [0.3, 0.4) is 0 Å². The SMILES string of the molecule is CNC(=O)C1CCCN1C(=O)C1(C#N)CCCC1. The van der Waals surface area contributed by atoms with Gasteiger partial charge in [-0.1, -0.05) is 12.8 Å². The minimum absolute atomic E-state index is 0.119. The molecule has 2 rings (SSSR count). The smallest absolute Gasteiger partial charge is 0.243 e. The fourth-order valence-corrected chi connectivity index (χ4v) is 3.08. The Hall–Kier alpha value is -1.57. The quantitative estimate of drug-likeness (QED) is 0.787. The van der Waals surface area contributed by atoms with Gasteiger partial charge in [0.1, 0.15) is 11.5 Å². The van der Waals surface area contributed by atoms with Crippen LogP contribution in [0.2, 0.25) is 0 Å². The number of hydrogen-bond acceptors (Lipinski definition) is 3. The van der Waals surface area contributed by atoms with E-state index in [4.69, 9.17) is 0 Å². The summed E-state index contributed by atoms with van der Waals surface area (Å²) < 4.78 is 0. The summed E-state index contributed by atoms with van der Waals surface area (Å²) in [5.74, 6) is -0.250. The Balaban J connectivity index is 2.18. The number of carbonyl (C=O) groups is 2. The Labute approximate surface area is 107 Å².